The number of carbonyl (C=O) groups is 1. The van der Waals surface area contributed by atoms with E-state index < -0.39 is 6.04 Å². The van der Waals surface area contributed by atoms with E-state index in [1.54, 1.807) is 6.92 Å². The Labute approximate surface area is 106 Å². The van der Waals surface area contributed by atoms with Gasteiger partial charge in [-0.15, -0.1) is 11.8 Å². The SMILES string of the molecule is CCOC(=O)[C@@H](N)CS/C=C/c1ccccc1. The number of carbonyl (C=O) groups excluding carboxylic acids is 1. The minimum absolute atomic E-state index is 0.340. The lowest BCUT2D eigenvalue weighted by atomic mass is 10.2. The van der Waals surface area contributed by atoms with E-state index in [9.17, 15) is 4.79 Å². The number of hydrogen-bond acceptors (Lipinski definition) is 4. The summed E-state index contributed by atoms with van der Waals surface area (Å²) in [7, 11) is 0. The molecule has 0 bridgehead atoms. The Bertz CT molecular complexity index is 365. The number of ether oxygens (including phenoxy) is 1. The van der Waals surface area contributed by atoms with Crippen LogP contribution < -0.4 is 5.73 Å². The lowest BCUT2D eigenvalue weighted by molar-refractivity contribution is -0.144. The first-order chi connectivity index (χ1) is 8.24. The molecule has 17 heavy (non-hydrogen) atoms. The number of rotatable bonds is 6. The van der Waals surface area contributed by atoms with Gasteiger partial charge in [-0.25, -0.2) is 0 Å². The molecule has 1 rings (SSSR count). The second kappa shape index (κ2) is 7.92. The van der Waals surface area contributed by atoms with E-state index in [1.165, 1.54) is 11.8 Å². The van der Waals surface area contributed by atoms with E-state index in [0.29, 0.717) is 12.4 Å². The molecule has 92 valence electrons. The van der Waals surface area contributed by atoms with Crippen molar-refractivity contribution >= 4 is 23.8 Å². The summed E-state index contributed by atoms with van der Waals surface area (Å²) in [4.78, 5) is 11.2. The summed E-state index contributed by atoms with van der Waals surface area (Å²) in [5.74, 6) is 0.190. The summed E-state index contributed by atoms with van der Waals surface area (Å²) >= 11 is 1.50. The molecule has 4 heteroatoms. The molecule has 0 unspecified atom stereocenters. The Balaban J connectivity index is 2.28. The van der Waals surface area contributed by atoms with Gasteiger partial charge in [0, 0.05) is 5.75 Å². The first-order valence-electron chi connectivity index (χ1n) is 5.49. The molecular formula is C13H17NO2S. The highest BCUT2D eigenvalue weighted by Gasteiger charge is 2.13. The van der Waals surface area contributed by atoms with E-state index in [1.807, 2.05) is 41.8 Å². The average molecular weight is 251 g/mol. The van der Waals surface area contributed by atoms with Crippen molar-refractivity contribution in [2.75, 3.05) is 12.4 Å². The maximum atomic E-state index is 11.2. The first kappa shape index (κ1) is 13.8. The highest BCUT2D eigenvalue weighted by Crippen LogP contribution is 2.09. The van der Waals surface area contributed by atoms with Crippen molar-refractivity contribution in [3.05, 3.63) is 41.3 Å². The van der Waals surface area contributed by atoms with Gasteiger partial charge in [0.05, 0.1) is 6.61 Å². The van der Waals surface area contributed by atoms with Crippen molar-refractivity contribution in [3.8, 4) is 0 Å². The quantitative estimate of drug-likeness (QED) is 0.788. The first-order valence-corrected chi connectivity index (χ1v) is 6.54. The largest absolute Gasteiger partial charge is 0.465 e. The molecule has 0 saturated carbocycles. The highest BCUT2D eigenvalue weighted by molar-refractivity contribution is 8.02. The van der Waals surface area contributed by atoms with Crippen LogP contribution in [0.2, 0.25) is 0 Å². The number of benzene rings is 1. The molecule has 2 N–H and O–H groups in total. The molecule has 0 saturated heterocycles. The van der Waals surface area contributed by atoms with Crippen molar-refractivity contribution in [1.82, 2.24) is 0 Å². The van der Waals surface area contributed by atoms with Crippen LogP contribution in [0, 0.1) is 0 Å². The normalized spacial score (nSPS) is 12.6. The third-order valence-electron chi connectivity index (χ3n) is 2.02. The summed E-state index contributed by atoms with van der Waals surface area (Å²) in [5, 5.41) is 1.94. The van der Waals surface area contributed by atoms with Gasteiger partial charge in [0.1, 0.15) is 6.04 Å². The van der Waals surface area contributed by atoms with E-state index in [4.69, 9.17) is 10.5 Å². The van der Waals surface area contributed by atoms with Crippen molar-refractivity contribution < 1.29 is 9.53 Å². The molecule has 1 aromatic rings. The fraction of sp³-hybridized carbons (Fsp3) is 0.308. The predicted molar refractivity (Wildman–Crippen MR) is 72.5 cm³/mol. The Morgan fingerprint density at radius 3 is 2.82 bits per heavy atom. The monoisotopic (exact) mass is 251 g/mol. The number of thioether (sulfide) groups is 1. The molecule has 0 aliphatic heterocycles. The van der Waals surface area contributed by atoms with Crippen molar-refractivity contribution in [1.29, 1.82) is 0 Å². The molecule has 1 atom stereocenters. The number of esters is 1. The van der Waals surface area contributed by atoms with Crippen molar-refractivity contribution in [2.45, 2.75) is 13.0 Å². The van der Waals surface area contributed by atoms with E-state index in [0.717, 1.165) is 5.56 Å². The van der Waals surface area contributed by atoms with Gasteiger partial charge >= 0.3 is 5.97 Å². The van der Waals surface area contributed by atoms with E-state index in [-0.39, 0.29) is 5.97 Å². The number of nitrogens with two attached hydrogens (primary N) is 1. The van der Waals surface area contributed by atoms with Crippen molar-refractivity contribution in [3.63, 3.8) is 0 Å². The van der Waals surface area contributed by atoms with Crippen molar-refractivity contribution in [2.24, 2.45) is 5.73 Å². The van der Waals surface area contributed by atoms with Crippen LogP contribution in [0.1, 0.15) is 12.5 Å². The second-order valence-electron chi connectivity index (χ2n) is 3.41. The van der Waals surface area contributed by atoms with Gasteiger partial charge in [-0.3, -0.25) is 4.79 Å². The molecule has 3 nitrogen and oxygen atoms in total. The standard InChI is InChI=1S/C13H17NO2S/c1-2-16-13(15)12(14)10-17-9-8-11-6-4-3-5-7-11/h3-9,12H,2,10,14H2,1H3/b9-8+/t12-/m0/s1. The van der Waals surface area contributed by atoms with Gasteiger partial charge in [0.25, 0.3) is 0 Å². The summed E-state index contributed by atoms with van der Waals surface area (Å²) in [6, 6.07) is 9.41. The van der Waals surface area contributed by atoms with Gasteiger partial charge in [-0.05, 0) is 24.0 Å². The predicted octanol–water partition coefficient (Wildman–Crippen LogP) is 2.28. The third-order valence-corrected chi connectivity index (χ3v) is 2.90. The molecule has 0 radical (unpaired) electrons. The maximum Gasteiger partial charge on any atom is 0.323 e. The molecule has 0 aromatic heterocycles. The molecule has 0 aliphatic rings. The van der Waals surface area contributed by atoms with Crippen LogP contribution in [0.15, 0.2) is 35.7 Å². The van der Waals surface area contributed by atoms with Crippen LogP contribution in [0.3, 0.4) is 0 Å². The second-order valence-corrected chi connectivity index (χ2v) is 4.34. The highest BCUT2D eigenvalue weighted by atomic mass is 32.2. The summed E-state index contributed by atoms with van der Waals surface area (Å²) < 4.78 is 4.82. The maximum absolute atomic E-state index is 11.2. The topological polar surface area (TPSA) is 52.3 Å². The molecule has 0 spiro atoms. The molecule has 0 aliphatic carbocycles. The van der Waals surface area contributed by atoms with Crippen LogP contribution in [0.4, 0.5) is 0 Å². The molecule has 0 fully saturated rings. The van der Waals surface area contributed by atoms with Gasteiger partial charge in [-0.1, -0.05) is 30.3 Å². The van der Waals surface area contributed by atoms with Crippen LogP contribution in [-0.2, 0) is 9.53 Å². The van der Waals surface area contributed by atoms with Crippen LogP contribution in [0.25, 0.3) is 6.08 Å². The Kier molecular flexibility index (Phi) is 6.43. The average Bonchev–Trinajstić information content (AvgIpc) is 2.36. The zero-order chi connectivity index (χ0) is 12.5. The lowest BCUT2D eigenvalue weighted by Gasteiger charge is -2.07. The van der Waals surface area contributed by atoms with E-state index >= 15 is 0 Å². The Morgan fingerprint density at radius 1 is 1.47 bits per heavy atom. The molecule has 1 aromatic carbocycles. The minimum atomic E-state index is -0.555. The number of hydrogen-bond donors (Lipinski definition) is 1. The summed E-state index contributed by atoms with van der Waals surface area (Å²) in [5.41, 5.74) is 6.78. The summed E-state index contributed by atoms with van der Waals surface area (Å²) in [6.45, 7) is 2.14. The fourth-order valence-electron chi connectivity index (χ4n) is 1.17. The Hall–Kier alpha value is -1.26. The molecule has 0 heterocycles. The van der Waals surface area contributed by atoms with E-state index in [2.05, 4.69) is 0 Å². The molecular weight excluding hydrogens is 234 g/mol. The minimum Gasteiger partial charge on any atom is -0.465 e. The Morgan fingerprint density at radius 2 is 2.18 bits per heavy atom. The zero-order valence-electron chi connectivity index (χ0n) is 9.84. The van der Waals surface area contributed by atoms with Gasteiger partial charge in [0.15, 0.2) is 0 Å². The van der Waals surface area contributed by atoms with Gasteiger partial charge < -0.3 is 10.5 Å². The fourth-order valence-corrected chi connectivity index (χ4v) is 1.88. The molecule has 0 amide bonds. The summed E-state index contributed by atoms with van der Waals surface area (Å²) in [6.07, 6.45) is 1.99. The zero-order valence-corrected chi connectivity index (χ0v) is 10.7. The van der Waals surface area contributed by atoms with Crippen LogP contribution in [-0.4, -0.2) is 24.4 Å². The van der Waals surface area contributed by atoms with Gasteiger partial charge in [-0.2, -0.15) is 0 Å². The third kappa shape index (κ3) is 5.56. The van der Waals surface area contributed by atoms with Crippen LogP contribution >= 0.6 is 11.8 Å². The van der Waals surface area contributed by atoms with Crippen LogP contribution in [0.5, 0.6) is 0 Å². The lowest BCUT2D eigenvalue weighted by Crippen LogP contribution is -2.34. The van der Waals surface area contributed by atoms with Gasteiger partial charge in [0.2, 0.25) is 0 Å². The smallest absolute Gasteiger partial charge is 0.323 e.